The first kappa shape index (κ1) is 18.0. The van der Waals surface area contributed by atoms with Crippen LogP contribution >= 0.6 is 0 Å². The van der Waals surface area contributed by atoms with E-state index in [-0.39, 0.29) is 6.04 Å². The number of hydrogen-bond donors (Lipinski definition) is 1. The quantitative estimate of drug-likeness (QED) is 0.643. The molecule has 0 bridgehead atoms. The molecule has 0 spiro atoms. The molecule has 2 nitrogen and oxygen atoms in total. The first-order valence-electron chi connectivity index (χ1n) is 8.82. The Bertz CT molecular complexity index is 246. The summed E-state index contributed by atoms with van der Waals surface area (Å²) in [5, 5.41) is 0. The van der Waals surface area contributed by atoms with E-state index in [2.05, 4.69) is 27.7 Å². The van der Waals surface area contributed by atoms with Crippen molar-refractivity contribution in [2.45, 2.75) is 97.6 Å². The van der Waals surface area contributed by atoms with Crippen molar-refractivity contribution in [2.24, 2.45) is 17.1 Å². The lowest BCUT2D eigenvalue weighted by molar-refractivity contribution is -0.0202. The second kappa shape index (κ2) is 9.04. The molecule has 0 aliphatic heterocycles. The van der Waals surface area contributed by atoms with Crippen LogP contribution in [0.1, 0.15) is 85.5 Å². The maximum absolute atomic E-state index is 6.24. The van der Waals surface area contributed by atoms with Gasteiger partial charge in [0.05, 0.1) is 6.10 Å². The number of rotatable bonds is 8. The molecule has 0 saturated heterocycles. The number of unbranched alkanes of at least 4 members (excludes halogenated alkanes) is 5. The number of ether oxygens (including phenoxy) is 1. The fraction of sp³-hybridized carbons (Fsp3) is 1.00. The molecule has 1 rings (SSSR count). The summed E-state index contributed by atoms with van der Waals surface area (Å²) in [6.45, 7) is 10.2. The fourth-order valence-corrected chi connectivity index (χ4v) is 3.25. The Balaban J connectivity index is 2.17. The summed E-state index contributed by atoms with van der Waals surface area (Å²) in [6.07, 6.45) is 11.8. The van der Waals surface area contributed by atoms with Crippen molar-refractivity contribution in [3.63, 3.8) is 0 Å². The topological polar surface area (TPSA) is 35.2 Å². The molecule has 1 aliphatic carbocycles. The molecule has 0 aromatic carbocycles. The van der Waals surface area contributed by atoms with Crippen LogP contribution in [-0.4, -0.2) is 18.8 Å². The van der Waals surface area contributed by atoms with E-state index in [0.717, 1.165) is 25.4 Å². The van der Waals surface area contributed by atoms with Crippen LogP contribution in [-0.2, 0) is 4.74 Å². The third-order valence-electron chi connectivity index (χ3n) is 4.90. The highest BCUT2D eigenvalue weighted by atomic mass is 16.5. The van der Waals surface area contributed by atoms with Gasteiger partial charge in [0.1, 0.15) is 0 Å². The molecule has 1 saturated carbocycles. The molecule has 0 aromatic heterocycles. The van der Waals surface area contributed by atoms with Gasteiger partial charge in [-0.05, 0) is 37.0 Å². The zero-order valence-corrected chi connectivity index (χ0v) is 14.3. The van der Waals surface area contributed by atoms with Crippen molar-refractivity contribution in [1.82, 2.24) is 0 Å². The van der Waals surface area contributed by atoms with Gasteiger partial charge in [-0.2, -0.15) is 0 Å². The average molecular weight is 284 g/mol. The summed E-state index contributed by atoms with van der Waals surface area (Å²) in [6, 6.07) is 0.258. The van der Waals surface area contributed by atoms with Crippen molar-refractivity contribution in [3.8, 4) is 0 Å². The monoisotopic (exact) mass is 283 g/mol. The third-order valence-corrected chi connectivity index (χ3v) is 4.90. The molecule has 2 N–H and O–H groups in total. The zero-order valence-electron chi connectivity index (χ0n) is 14.3. The highest BCUT2D eigenvalue weighted by molar-refractivity contribution is 4.88. The largest absolute Gasteiger partial charge is 0.377 e. The van der Waals surface area contributed by atoms with E-state index in [1.807, 2.05) is 0 Å². The summed E-state index contributed by atoms with van der Waals surface area (Å²) in [5.41, 5.74) is 6.63. The lowest BCUT2D eigenvalue weighted by atomic mass is 9.70. The molecular weight excluding hydrogens is 246 g/mol. The standard InChI is InChI=1S/C18H37NO/c1-5-6-7-8-9-10-13-20-17-14-15(18(2,3)4)11-12-16(17)19/h15-17H,5-14,19H2,1-4H3. The van der Waals surface area contributed by atoms with E-state index in [9.17, 15) is 0 Å². The molecule has 1 fully saturated rings. The second-order valence-electron chi connectivity index (χ2n) is 7.72. The van der Waals surface area contributed by atoms with Crippen molar-refractivity contribution in [2.75, 3.05) is 6.61 Å². The lowest BCUT2D eigenvalue weighted by Crippen LogP contribution is -2.44. The Hall–Kier alpha value is -0.0800. The van der Waals surface area contributed by atoms with E-state index in [1.165, 1.54) is 44.9 Å². The average Bonchev–Trinajstić information content (AvgIpc) is 2.38. The minimum Gasteiger partial charge on any atom is -0.377 e. The van der Waals surface area contributed by atoms with Crippen LogP contribution < -0.4 is 5.73 Å². The summed E-state index contributed by atoms with van der Waals surface area (Å²) in [5.74, 6) is 0.761. The lowest BCUT2D eigenvalue weighted by Gasteiger charge is -2.40. The smallest absolute Gasteiger partial charge is 0.0728 e. The molecule has 1 aliphatic rings. The van der Waals surface area contributed by atoms with Gasteiger partial charge in [0.25, 0.3) is 0 Å². The Morgan fingerprint density at radius 2 is 1.65 bits per heavy atom. The van der Waals surface area contributed by atoms with Crippen LogP contribution in [0.5, 0.6) is 0 Å². The summed E-state index contributed by atoms with van der Waals surface area (Å²) in [4.78, 5) is 0. The summed E-state index contributed by atoms with van der Waals surface area (Å²) < 4.78 is 6.10. The molecule has 0 amide bonds. The summed E-state index contributed by atoms with van der Waals surface area (Å²) in [7, 11) is 0. The Morgan fingerprint density at radius 3 is 2.30 bits per heavy atom. The Morgan fingerprint density at radius 1 is 1.00 bits per heavy atom. The van der Waals surface area contributed by atoms with E-state index in [4.69, 9.17) is 10.5 Å². The normalized spacial score (nSPS) is 27.8. The summed E-state index contributed by atoms with van der Waals surface area (Å²) >= 11 is 0. The van der Waals surface area contributed by atoms with Gasteiger partial charge in [0, 0.05) is 12.6 Å². The highest BCUT2D eigenvalue weighted by Gasteiger charge is 2.34. The van der Waals surface area contributed by atoms with Crippen molar-refractivity contribution < 1.29 is 4.74 Å². The molecular formula is C18H37NO. The maximum Gasteiger partial charge on any atom is 0.0728 e. The SMILES string of the molecule is CCCCCCCCOC1CC(C(C)(C)C)CCC1N. The van der Waals surface area contributed by atoms with Gasteiger partial charge in [-0.15, -0.1) is 0 Å². The molecule has 20 heavy (non-hydrogen) atoms. The van der Waals surface area contributed by atoms with Gasteiger partial charge >= 0.3 is 0 Å². The van der Waals surface area contributed by atoms with E-state index in [1.54, 1.807) is 0 Å². The first-order valence-corrected chi connectivity index (χ1v) is 8.82. The second-order valence-corrected chi connectivity index (χ2v) is 7.72. The molecule has 3 unspecified atom stereocenters. The molecule has 3 atom stereocenters. The van der Waals surface area contributed by atoms with E-state index in [0.29, 0.717) is 11.5 Å². The highest BCUT2D eigenvalue weighted by Crippen LogP contribution is 2.38. The van der Waals surface area contributed by atoms with Gasteiger partial charge in [-0.1, -0.05) is 59.8 Å². The Labute approximate surface area is 126 Å². The minimum atomic E-state index is 0.258. The van der Waals surface area contributed by atoms with E-state index < -0.39 is 0 Å². The van der Waals surface area contributed by atoms with E-state index >= 15 is 0 Å². The van der Waals surface area contributed by atoms with Gasteiger partial charge in [-0.25, -0.2) is 0 Å². The van der Waals surface area contributed by atoms with Crippen LogP contribution in [0.4, 0.5) is 0 Å². The number of nitrogens with two attached hydrogens (primary N) is 1. The van der Waals surface area contributed by atoms with Crippen LogP contribution in [0.3, 0.4) is 0 Å². The van der Waals surface area contributed by atoms with Gasteiger partial charge in [0.15, 0.2) is 0 Å². The molecule has 0 heterocycles. The van der Waals surface area contributed by atoms with Gasteiger partial charge < -0.3 is 10.5 Å². The third kappa shape index (κ3) is 6.58. The minimum absolute atomic E-state index is 0.258. The molecule has 120 valence electrons. The van der Waals surface area contributed by atoms with Crippen molar-refractivity contribution in [3.05, 3.63) is 0 Å². The van der Waals surface area contributed by atoms with Crippen LogP contribution in [0, 0.1) is 11.3 Å². The number of hydrogen-bond acceptors (Lipinski definition) is 2. The molecule has 2 heteroatoms. The Kier molecular flexibility index (Phi) is 8.13. The molecule has 0 aromatic rings. The van der Waals surface area contributed by atoms with Crippen molar-refractivity contribution >= 4 is 0 Å². The first-order chi connectivity index (χ1) is 9.45. The van der Waals surface area contributed by atoms with Crippen molar-refractivity contribution in [1.29, 1.82) is 0 Å². The fourth-order valence-electron chi connectivity index (χ4n) is 3.25. The van der Waals surface area contributed by atoms with Crippen LogP contribution in [0.25, 0.3) is 0 Å². The zero-order chi connectivity index (χ0) is 15.0. The van der Waals surface area contributed by atoms with Crippen LogP contribution in [0.15, 0.2) is 0 Å². The van der Waals surface area contributed by atoms with Gasteiger partial charge in [0.2, 0.25) is 0 Å². The predicted octanol–water partition coefficient (Wildman–Crippen LogP) is 4.91. The van der Waals surface area contributed by atoms with Gasteiger partial charge in [-0.3, -0.25) is 0 Å². The maximum atomic E-state index is 6.24. The molecule has 0 radical (unpaired) electrons. The predicted molar refractivity (Wildman–Crippen MR) is 87.9 cm³/mol. The van der Waals surface area contributed by atoms with Crippen LogP contribution in [0.2, 0.25) is 0 Å².